The van der Waals surface area contributed by atoms with E-state index in [1.807, 2.05) is 0 Å². The maximum Gasteiger partial charge on any atom is 0.336 e. The molecule has 1 unspecified atom stereocenters. The van der Waals surface area contributed by atoms with Crippen molar-refractivity contribution in [2.24, 2.45) is 0 Å². The lowest BCUT2D eigenvalue weighted by molar-refractivity contribution is 0.0689. The first kappa shape index (κ1) is 15.6. The monoisotopic (exact) mass is 281 g/mol. The van der Waals surface area contributed by atoms with Gasteiger partial charge in [0.2, 0.25) is 0 Å². The maximum absolute atomic E-state index is 13.2. The lowest BCUT2D eigenvalue weighted by atomic mass is 10.0. The molecule has 0 aliphatic rings. The van der Waals surface area contributed by atoms with Crippen LogP contribution >= 0.6 is 0 Å². The van der Waals surface area contributed by atoms with Crippen molar-refractivity contribution in [2.45, 2.75) is 25.8 Å². The fraction of sp³-hybridized carbons (Fsp3) is 0.286. The van der Waals surface area contributed by atoms with Gasteiger partial charge in [0, 0.05) is 12.5 Å². The van der Waals surface area contributed by atoms with E-state index in [-0.39, 0.29) is 12.5 Å². The summed E-state index contributed by atoms with van der Waals surface area (Å²) in [5, 5.41) is 11.4. The molecule has 106 valence electrons. The fourth-order valence-electron chi connectivity index (χ4n) is 1.61. The molecule has 0 aliphatic heterocycles. The molecule has 0 saturated heterocycles. The van der Waals surface area contributed by atoms with Crippen LogP contribution in [-0.2, 0) is 0 Å². The third-order valence-corrected chi connectivity index (χ3v) is 2.73. The molecule has 20 heavy (non-hydrogen) atoms. The third-order valence-electron chi connectivity index (χ3n) is 2.73. The number of hydrogen-bond donors (Lipinski definition) is 2. The van der Waals surface area contributed by atoms with Crippen LogP contribution in [0, 0.1) is 24.0 Å². The van der Waals surface area contributed by atoms with Gasteiger partial charge in [0.25, 0.3) is 5.91 Å². The number of carbonyl (C=O) groups is 2. The summed E-state index contributed by atoms with van der Waals surface area (Å²) >= 11 is 0. The summed E-state index contributed by atoms with van der Waals surface area (Å²) in [7, 11) is 0. The summed E-state index contributed by atoms with van der Waals surface area (Å²) in [5.74, 6) is -2.56. The van der Waals surface area contributed by atoms with Crippen molar-refractivity contribution in [2.75, 3.05) is 0 Å². The zero-order valence-electron chi connectivity index (χ0n) is 10.7. The Morgan fingerprint density at radius 1 is 1.35 bits per heavy atom. The standard InChI is InChI=1S/C14H13F2NO3/c1-3-5-8(4-2)17-13(18)9-6-11(15)12(16)7-10(9)14(19)20/h1,6-8H,4-5H2,2H3,(H,17,18)(H,19,20). The topological polar surface area (TPSA) is 66.4 Å². The lowest BCUT2D eigenvalue weighted by Crippen LogP contribution is -2.35. The Balaban J connectivity index is 3.12. The first-order valence-corrected chi connectivity index (χ1v) is 5.87. The highest BCUT2D eigenvalue weighted by Gasteiger charge is 2.21. The number of amides is 1. The van der Waals surface area contributed by atoms with Gasteiger partial charge in [-0.05, 0) is 18.6 Å². The second kappa shape index (κ2) is 6.66. The molecular formula is C14H13F2NO3. The van der Waals surface area contributed by atoms with E-state index in [1.54, 1.807) is 6.92 Å². The molecule has 0 bridgehead atoms. The summed E-state index contributed by atoms with van der Waals surface area (Å²) in [6, 6.07) is 0.688. The van der Waals surface area contributed by atoms with Crippen molar-refractivity contribution in [3.05, 3.63) is 34.9 Å². The van der Waals surface area contributed by atoms with E-state index in [1.165, 1.54) is 0 Å². The average Bonchev–Trinajstić information content (AvgIpc) is 2.40. The molecule has 0 radical (unpaired) electrons. The molecule has 1 rings (SSSR count). The van der Waals surface area contributed by atoms with Crippen LogP contribution in [0.4, 0.5) is 8.78 Å². The maximum atomic E-state index is 13.2. The number of aromatic carboxylic acids is 1. The second-order valence-corrected chi connectivity index (χ2v) is 4.10. The van der Waals surface area contributed by atoms with Gasteiger partial charge in [0.05, 0.1) is 11.1 Å². The molecule has 2 N–H and O–H groups in total. The van der Waals surface area contributed by atoms with Crippen LogP contribution in [0.1, 0.15) is 40.5 Å². The predicted octanol–water partition coefficient (Wildman–Crippen LogP) is 2.19. The third kappa shape index (κ3) is 3.54. The quantitative estimate of drug-likeness (QED) is 0.813. The van der Waals surface area contributed by atoms with E-state index < -0.39 is 34.6 Å². The summed E-state index contributed by atoms with van der Waals surface area (Å²) in [5.41, 5.74) is -1.04. The van der Waals surface area contributed by atoms with Crippen molar-refractivity contribution >= 4 is 11.9 Å². The minimum absolute atomic E-state index is 0.258. The zero-order chi connectivity index (χ0) is 15.3. The first-order chi connectivity index (χ1) is 9.40. The van der Waals surface area contributed by atoms with Crippen LogP contribution in [0.3, 0.4) is 0 Å². The van der Waals surface area contributed by atoms with Gasteiger partial charge in [0.1, 0.15) is 0 Å². The summed E-state index contributed by atoms with van der Waals surface area (Å²) in [6.07, 6.45) is 5.92. The van der Waals surface area contributed by atoms with E-state index in [9.17, 15) is 18.4 Å². The van der Waals surface area contributed by atoms with Gasteiger partial charge < -0.3 is 10.4 Å². The number of rotatable bonds is 5. The molecule has 0 saturated carbocycles. The SMILES string of the molecule is C#CCC(CC)NC(=O)c1cc(F)c(F)cc1C(=O)O. The summed E-state index contributed by atoms with van der Waals surface area (Å²) in [4.78, 5) is 22.9. The van der Waals surface area contributed by atoms with Crippen LogP contribution in [0.25, 0.3) is 0 Å². The highest BCUT2D eigenvalue weighted by molar-refractivity contribution is 6.04. The smallest absolute Gasteiger partial charge is 0.336 e. The summed E-state index contributed by atoms with van der Waals surface area (Å²) < 4.78 is 26.2. The van der Waals surface area contributed by atoms with E-state index in [4.69, 9.17) is 11.5 Å². The lowest BCUT2D eigenvalue weighted by Gasteiger charge is -2.15. The minimum atomic E-state index is -1.51. The van der Waals surface area contributed by atoms with Gasteiger partial charge in [0.15, 0.2) is 11.6 Å². The number of carboxylic acid groups (broad SMARTS) is 1. The van der Waals surface area contributed by atoms with E-state index in [2.05, 4.69) is 11.2 Å². The molecular weight excluding hydrogens is 268 g/mol. The van der Waals surface area contributed by atoms with Crippen molar-refractivity contribution in [3.8, 4) is 12.3 Å². The molecule has 0 heterocycles. The molecule has 1 aromatic rings. The van der Waals surface area contributed by atoms with Crippen molar-refractivity contribution in [1.82, 2.24) is 5.32 Å². The van der Waals surface area contributed by atoms with Gasteiger partial charge >= 0.3 is 5.97 Å². The van der Waals surface area contributed by atoms with Gasteiger partial charge in [-0.2, -0.15) is 0 Å². The number of hydrogen-bond acceptors (Lipinski definition) is 2. The van der Waals surface area contributed by atoms with Gasteiger partial charge in [-0.3, -0.25) is 4.79 Å². The number of carboxylic acids is 1. The van der Waals surface area contributed by atoms with Crippen LogP contribution in [0.2, 0.25) is 0 Å². The number of benzene rings is 1. The minimum Gasteiger partial charge on any atom is -0.478 e. The number of halogens is 2. The number of nitrogens with one attached hydrogen (secondary N) is 1. The Bertz CT molecular complexity index is 579. The Morgan fingerprint density at radius 3 is 2.35 bits per heavy atom. The van der Waals surface area contributed by atoms with E-state index >= 15 is 0 Å². The van der Waals surface area contributed by atoms with Crippen molar-refractivity contribution in [3.63, 3.8) is 0 Å². The average molecular weight is 281 g/mol. The zero-order valence-corrected chi connectivity index (χ0v) is 10.7. The summed E-state index contributed by atoms with van der Waals surface area (Å²) in [6.45, 7) is 1.78. The highest BCUT2D eigenvalue weighted by atomic mass is 19.2. The van der Waals surface area contributed by atoms with Gasteiger partial charge in [-0.15, -0.1) is 12.3 Å². The fourth-order valence-corrected chi connectivity index (χ4v) is 1.61. The Hall–Kier alpha value is -2.42. The number of terminal acetylenes is 1. The Morgan fingerprint density at radius 2 is 1.90 bits per heavy atom. The Kier molecular flexibility index (Phi) is 5.21. The molecule has 1 aromatic carbocycles. The van der Waals surface area contributed by atoms with Crippen LogP contribution < -0.4 is 5.32 Å². The Labute approximate surface area is 114 Å². The van der Waals surface area contributed by atoms with Gasteiger partial charge in [-0.25, -0.2) is 13.6 Å². The predicted molar refractivity (Wildman–Crippen MR) is 68.3 cm³/mol. The van der Waals surface area contributed by atoms with Crippen LogP contribution in [-0.4, -0.2) is 23.0 Å². The number of carbonyl (C=O) groups excluding carboxylic acids is 1. The molecule has 0 fully saturated rings. The molecule has 1 atom stereocenters. The molecule has 1 amide bonds. The molecule has 6 heteroatoms. The molecule has 4 nitrogen and oxygen atoms in total. The van der Waals surface area contributed by atoms with Crippen molar-refractivity contribution < 1.29 is 23.5 Å². The second-order valence-electron chi connectivity index (χ2n) is 4.10. The van der Waals surface area contributed by atoms with E-state index in [0.29, 0.717) is 18.6 Å². The largest absolute Gasteiger partial charge is 0.478 e. The molecule has 0 spiro atoms. The molecule has 0 aromatic heterocycles. The van der Waals surface area contributed by atoms with E-state index in [0.717, 1.165) is 0 Å². The molecule has 0 aliphatic carbocycles. The van der Waals surface area contributed by atoms with Crippen molar-refractivity contribution in [1.29, 1.82) is 0 Å². The van der Waals surface area contributed by atoms with Gasteiger partial charge in [-0.1, -0.05) is 6.92 Å². The van der Waals surface area contributed by atoms with Crippen LogP contribution in [0.5, 0.6) is 0 Å². The normalized spacial score (nSPS) is 11.5. The van der Waals surface area contributed by atoms with Crippen LogP contribution in [0.15, 0.2) is 12.1 Å². The first-order valence-electron chi connectivity index (χ1n) is 5.87. The highest BCUT2D eigenvalue weighted by Crippen LogP contribution is 2.16.